The Morgan fingerprint density at radius 3 is 2.85 bits per heavy atom. The molecule has 0 radical (unpaired) electrons. The highest BCUT2D eigenvalue weighted by Gasteiger charge is 2.19. The molecule has 0 bridgehead atoms. The van der Waals surface area contributed by atoms with E-state index in [9.17, 15) is 9.90 Å². The topological polar surface area (TPSA) is 106 Å². The van der Waals surface area contributed by atoms with E-state index in [1.165, 1.54) is 18.4 Å². The first-order valence-electron chi connectivity index (χ1n) is 5.44. The molecule has 0 saturated carbocycles. The lowest BCUT2D eigenvalue weighted by atomic mass is 10.2. The summed E-state index contributed by atoms with van der Waals surface area (Å²) in [6.45, 7) is 0. The number of aliphatic carboxylic acids is 1. The molecule has 2 rings (SSSR count). The van der Waals surface area contributed by atoms with Crippen molar-refractivity contribution in [3.05, 3.63) is 27.7 Å². The van der Waals surface area contributed by atoms with Crippen LogP contribution in [0.2, 0.25) is 0 Å². The van der Waals surface area contributed by atoms with Gasteiger partial charge < -0.3 is 20.7 Å². The first kappa shape index (κ1) is 14.8. The summed E-state index contributed by atoms with van der Waals surface area (Å²) in [5, 5.41) is 20.8. The molecule has 6 nitrogen and oxygen atoms in total. The number of hydrogen-bond acceptors (Lipinski definition) is 6. The van der Waals surface area contributed by atoms with Crippen molar-refractivity contribution < 1.29 is 19.7 Å². The monoisotopic (exact) mass is 358 g/mol. The number of hydrogen-bond donors (Lipinski definition) is 3. The smallest absolute Gasteiger partial charge is 0.326 e. The molecule has 4 N–H and O–H groups in total. The van der Waals surface area contributed by atoms with Crippen LogP contribution in [0.3, 0.4) is 0 Å². The molecule has 1 heterocycles. The molecule has 0 fully saturated rings. The maximum absolute atomic E-state index is 10.8. The Balaban J connectivity index is 2.42. The summed E-state index contributed by atoms with van der Waals surface area (Å²) in [7, 11) is 1.44. The van der Waals surface area contributed by atoms with Gasteiger partial charge in [-0.15, -0.1) is 11.3 Å². The summed E-state index contributed by atoms with van der Waals surface area (Å²) in [6, 6.07) is 2.14. The van der Waals surface area contributed by atoms with Gasteiger partial charge in [0, 0.05) is 10.9 Å². The second-order valence-electron chi connectivity index (χ2n) is 3.90. The fourth-order valence-corrected chi connectivity index (χ4v) is 2.83. The van der Waals surface area contributed by atoms with Gasteiger partial charge in [0.25, 0.3) is 0 Å². The maximum atomic E-state index is 10.8. The van der Waals surface area contributed by atoms with Crippen molar-refractivity contribution in [2.75, 3.05) is 7.11 Å². The molecule has 106 valence electrons. The van der Waals surface area contributed by atoms with Crippen molar-refractivity contribution >= 4 is 33.2 Å². The Morgan fingerprint density at radius 2 is 2.25 bits per heavy atom. The molecule has 0 aliphatic heterocycles. The number of phenolic OH excluding ortho intramolecular Hbond substituents is 1. The number of benzene rings is 1. The summed E-state index contributed by atoms with van der Waals surface area (Å²) in [4.78, 5) is 15.0. The van der Waals surface area contributed by atoms with Gasteiger partial charge in [0.15, 0.2) is 11.5 Å². The number of carbonyl (C=O) groups is 1. The zero-order valence-electron chi connectivity index (χ0n) is 10.3. The van der Waals surface area contributed by atoms with Crippen molar-refractivity contribution in [3.63, 3.8) is 0 Å². The number of nitrogens with two attached hydrogens (primary N) is 1. The third-order valence-electron chi connectivity index (χ3n) is 2.60. The summed E-state index contributed by atoms with van der Waals surface area (Å²) >= 11 is 4.49. The Kier molecular flexibility index (Phi) is 4.26. The molecule has 0 spiro atoms. The second kappa shape index (κ2) is 5.78. The minimum absolute atomic E-state index is 0.00438. The van der Waals surface area contributed by atoms with Crippen molar-refractivity contribution in [1.82, 2.24) is 4.98 Å². The van der Waals surface area contributed by atoms with E-state index >= 15 is 0 Å². The molecule has 0 saturated heterocycles. The van der Waals surface area contributed by atoms with Gasteiger partial charge in [0.05, 0.1) is 17.3 Å². The number of phenols is 1. The Hall–Kier alpha value is -1.64. The molecule has 20 heavy (non-hydrogen) atoms. The summed E-state index contributed by atoms with van der Waals surface area (Å²) < 4.78 is 5.52. The number of methoxy groups -OCH3 is 1. The standard InChI is InChI=1S/C12H11BrN2O4S/c1-19-8-3-5(2-6(13)10(8)16)11-15-7(4-20-11)9(14)12(17)18/h2-4,9,16H,14H2,1H3,(H,17,18). The Morgan fingerprint density at radius 1 is 1.55 bits per heavy atom. The van der Waals surface area contributed by atoms with E-state index in [1.54, 1.807) is 17.5 Å². The molecule has 8 heteroatoms. The highest BCUT2D eigenvalue weighted by Crippen LogP contribution is 2.39. The van der Waals surface area contributed by atoms with Crippen LogP contribution < -0.4 is 10.5 Å². The third kappa shape index (κ3) is 2.77. The Labute approximate surface area is 127 Å². The Bertz CT molecular complexity index is 659. The molecular weight excluding hydrogens is 348 g/mol. The molecule has 0 aliphatic carbocycles. The minimum Gasteiger partial charge on any atom is -0.503 e. The first-order valence-corrected chi connectivity index (χ1v) is 7.12. The van der Waals surface area contributed by atoms with Crippen LogP contribution in [0, 0.1) is 0 Å². The molecule has 1 atom stereocenters. The predicted molar refractivity (Wildman–Crippen MR) is 78.0 cm³/mol. The van der Waals surface area contributed by atoms with Crippen molar-refractivity contribution in [1.29, 1.82) is 0 Å². The number of aromatic hydroxyl groups is 1. The highest BCUT2D eigenvalue weighted by atomic mass is 79.9. The number of carboxylic acids is 1. The minimum atomic E-state index is -1.15. The van der Waals surface area contributed by atoms with Crippen LogP contribution in [0.15, 0.2) is 22.0 Å². The zero-order valence-corrected chi connectivity index (χ0v) is 12.7. The fourth-order valence-electron chi connectivity index (χ4n) is 1.54. The van der Waals surface area contributed by atoms with E-state index in [2.05, 4.69) is 20.9 Å². The molecule has 2 aromatic rings. The van der Waals surface area contributed by atoms with E-state index in [4.69, 9.17) is 15.6 Å². The van der Waals surface area contributed by atoms with Gasteiger partial charge in [-0.1, -0.05) is 0 Å². The quantitative estimate of drug-likeness (QED) is 0.774. The average Bonchev–Trinajstić information content (AvgIpc) is 2.90. The van der Waals surface area contributed by atoms with Gasteiger partial charge in [0.1, 0.15) is 11.0 Å². The normalized spacial score (nSPS) is 12.2. The van der Waals surface area contributed by atoms with Crippen LogP contribution in [0.1, 0.15) is 11.7 Å². The fraction of sp³-hybridized carbons (Fsp3) is 0.167. The van der Waals surface area contributed by atoms with Crippen molar-refractivity contribution in [2.45, 2.75) is 6.04 Å². The molecule has 1 aromatic carbocycles. The molecule has 0 aliphatic rings. The number of carboxylic acid groups (broad SMARTS) is 1. The number of halogens is 1. The van der Waals surface area contributed by atoms with Crippen LogP contribution in [-0.2, 0) is 4.79 Å². The lowest BCUT2D eigenvalue weighted by Crippen LogP contribution is -2.20. The van der Waals surface area contributed by atoms with E-state index in [0.717, 1.165) is 0 Å². The van der Waals surface area contributed by atoms with Gasteiger partial charge in [-0.3, -0.25) is 4.79 Å². The van der Waals surface area contributed by atoms with E-state index < -0.39 is 12.0 Å². The van der Waals surface area contributed by atoms with Gasteiger partial charge in [0.2, 0.25) is 0 Å². The van der Waals surface area contributed by atoms with Gasteiger partial charge in [-0.05, 0) is 28.1 Å². The lowest BCUT2D eigenvalue weighted by molar-refractivity contribution is -0.138. The zero-order chi connectivity index (χ0) is 14.9. The second-order valence-corrected chi connectivity index (χ2v) is 5.61. The van der Waals surface area contributed by atoms with Gasteiger partial charge in [-0.2, -0.15) is 0 Å². The third-order valence-corrected chi connectivity index (χ3v) is 4.12. The highest BCUT2D eigenvalue weighted by molar-refractivity contribution is 9.10. The van der Waals surface area contributed by atoms with Crippen LogP contribution in [0.25, 0.3) is 10.6 Å². The number of rotatable bonds is 4. The van der Waals surface area contributed by atoms with E-state index in [1.807, 2.05) is 0 Å². The first-order chi connectivity index (χ1) is 9.43. The van der Waals surface area contributed by atoms with Crippen LogP contribution in [-0.4, -0.2) is 28.3 Å². The summed E-state index contributed by atoms with van der Waals surface area (Å²) in [5.41, 5.74) is 6.50. The molecule has 0 amide bonds. The van der Waals surface area contributed by atoms with E-state index in [0.29, 0.717) is 26.5 Å². The number of thiazole rings is 1. The molecule has 1 unspecified atom stereocenters. The number of ether oxygens (including phenoxy) is 1. The number of aromatic nitrogens is 1. The van der Waals surface area contributed by atoms with Crippen LogP contribution in [0.4, 0.5) is 0 Å². The van der Waals surface area contributed by atoms with Crippen molar-refractivity contribution in [2.24, 2.45) is 5.73 Å². The summed E-state index contributed by atoms with van der Waals surface area (Å²) in [5.74, 6) is -0.838. The predicted octanol–water partition coefficient (Wildman–Crippen LogP) is 2.37. The summed E-state index contributed by atoms with van der Waals surface area (Å²) in [6.07, 6.45) is 0. The van der Waals surface area contributed by atoms with Crippen LogP contribution >= 0.6 is 27.3 Å². The van der Waals surface area contributed by atoms with Gasteiger partial charge in [-0.25, -0.2) is 4.98 Å². The van der Waals surface area contributed by atoms with E-state index in [-0.39, 0.29) is 5.75 Å². The van der Waals surface area contributed by atoms with Gasteiger partial charge >= 0.3 is 5.97 Å². The lowest BCUT2D eigenvalue weighted by Gasteiger charge is -2.07. The molecular formula is C12H11BrN2O4S. The number of nitrogens with zero attached hydrogens (tertiary/aromatic N) is 1. The van der Waals surface area contributed by atoms with Crippen molar-refractivity contribution in [3.8, 4) is 22.1 Å². The average molecular weight is 359 g/mol. The maximum Gasteiger partial charge on any atom is 0.326 e. The van der Waals surface area contributed by atoms with Crippen LogP contribution in [0.5, 0.6) is 11.5 Å². The molecule has 1 aromatic heterocycles. The SMILES string of the molecule is COc1cc(-c2nc(C(N)C(=O)O)cs2)cc(Br)c1O. The largest absolute Gasteiger partial charge is 0.503 e.